The van der Waals surface area contributed by atoms with Crippen molar-refractivity contribution < 1.29 is 27.9 Å². The van der Waals surface area contributed by atoms with Gasteiger partial charge in [0.05, 0.1) is 17.7 Å². The molecule has 0 fully saturated rings. The number of anilines is 1. The van der Waals surface area contributed by atoms with Crippen LogP contribution in [0.5, 0.6) is 0 Å². The summed E-state index contributed by atoms with van der Waals surface area (Å²) in [5.41, 5.74) is 0.247. The quantitative estimate of drug-likeness (QED) is 0.453. The van der Waals surface area contributed by atoms with Gasteiger partial charge in [0.25, 0.3) is 11.8 Å². The van der Waals surface area contributed by atoms with Gasteiger partial charge >= 0.3 is 5.97 Å². The van der Waals surface area contributed by atoms with Gasteiger partial charge in [-0.15, -0.1) is 0 Å². The normalized spacial score (nSPS) is 10.4. The van der Waals surface area contributed by atoms with Crippen LogP contribution >= 0.6 is 11.8 Å². The Bertz CT molecular complexity index is 1140. The third kappa shape index (κ3) is 7.43. The predicted molar refractivity (Wildman–Crippen MR) is 120 cm³/mol. The van der Waals surface area contributed by atoms with Crippen LogP contribution in [0.3, 0.4) is 0 Å². The summed E-state index contributed by atoms with van der Waals surface area (Å²) in [6, 6.07) is 19.5. The molecule has 3 aromatic rings. The molecule has 0 bridgehead atoms. The third-order valence-electron chi connectivity index (χ3n) is 4.29. The number of para-hydroxylation sites is 1. The summed E-state index contributed by atoms with van der Waals surface area (Å²) < 4.78 is 31.4. The van der Waals surface area contributed by atoms with Crippen molar-refractivity contribution in [2.45, 2.75) is 16.2 Å². The fraction of sp³-hybridized carbons (Fsp3) is 0.125. The lowest BCUT2D eigenvalue weighted by Crippen LogP contribution is -2.28. The molecular weight excluding hydrogens is 450 g/mol. The Kier molecular flexibility index (Phi) is 8.54. The van der Waals surface area contributed by atoms with E-state index >= 15 is 0 Å². The molecule has 0 spiro atoms. The molecule has 0 aliphatic rings. The summed E-state index contributed by atoms with van der Waals surface area (Å²) in [6.07, 6.45) is -0.220. The Balaban J connectivity index is 1.43. The van der Waals surface area contributed by atoms with Gasteiger partial charge in [0, 0.05) is 22.4 Å². The van der Waals surface area contributed by atoms with Crippen molar-refractivity contribution in [3.63, 3.8) is 0 Å². The number of amides is 2. The van der Waals surface area contributed by atoms with E-state index in [0.717, 1.165) is 21.9 Å². The molecule has 0 atom stereocenters. The van der Waals surface area contributed by atoms with E-state index in [2.05, 4.69) is 10.6 Å². The number of carbonyl (C=O) groups is 3. The molecule has 170 valence electrons. The van der Waals surface area contributed by atoms with Crippen LogP contribution in [-0.4, -0.2) is 30.9 Å². The molecule has 0 saturated carbocycles. The minimum absolute atomic E-state index is 0.132. The molecule has 0 heterocycles. The van der Waals surface area contributed by atoms with Gasteiger partial charge in [-0.3, -0.25) is 14.4 Å². The summed E-state index contributed by atoms with van der Waals surface area (Å²) in [5.74, 6) is -3.81. The van der Waals surface area contributed by atoms with Crippen LogP contribution in [0.2, 0.25) is 0 Å². The van der Waals surface area contributed by atoms with Crippen LogP contribution in [-0.2, 0) is 14.3 Å². The lowest BCUT2D eigenvalue weighted by Gasteiger charge is -2.11. The summed E-state index contributed by atoms with van der Waals surface area (Å²) in [5, 5.41) is 5.06. The zero-order chi connectivity index (χ0) is 23.6. The van der Waals surface area contributed by atoms with Gasteiger partial charge in [0.15, 0.2) is 6.61 Å². The standard InChI is InChI=1S/C24H20F2N2O4S/c25-16-10-11-18(19(26)14-16)24(31)27-13-12-23(30)32-15-22(29)28-20-8-4-5-9-21(20)33-17-6-2-1-3-7-17/h1-11,14H,12-13,15H2,(H,27,31)(H,28,29). The highest BCUT2D eigenvalue weighted by Crippen LogP contribution is 2.33. The van der Waals surface area contributed by atoms with Gasteiger partial charge in [-0.05, 0) is 36.4 Å². The maximum atomic E-state index is 13.6. The first-order chi connectivity index (χ1) is 15.9. The molecule has 33 heavy (non-hydrogen) atoms. The molecule has 0 radical (unpaired) electrons. The molecule has 0 aliphatic carbocycles. The molecule has 3 rings (SSSR count). The monoisotopic (exact) mass is 470 g/mol. The largest absolute Gasteiger partial charge is 0.456 e. The van der Waals surface area contributed by atoms with Crippen LogP contribution in [0.1, 0.15) is 16.8 Å². The molecule has 3 aromatic carbocycles. The van der Waals surface area contributed by atoms with Gasteiger partial charge < -0.3 is 15.4 Å². The fourth-order valence-corrected chi connectivity index (χ4v) is 3.65. The number of halogens is 2. The minimum Gasteiger partial charge on any atom is -0.456 e. The summed E-state index contributed by atoms with van der Waals surface area (Å²) in [6.45, 7) is -0.629. The van der Waals surface area contributed by atoms with Crippen LogP contribution in [0.15, 0.2) is 82.6 Å². The number of esters is 1. The Morgan fingerprint density at radius 1 is 0.909 bits per heavy atom. The van der Waals surface area contributed by atoms with E-state index < -0.39 is 36.0 Å². The van der Waals surface area contributed by atoms with Gasteiger partial charge in [0.1, 0.15) is 11.6 Å². The predicted octanol–water partition coefficient (Wildman–Crippen LogP) is 4.42. The number of hydrogen-bond acceptors (Lipinski definition) is 5. The molecular formula is C24H20F2N2O4S. The average Bonchev–Trinajstić information content (AvgIpc) is 2.79. The van der Waals surface area contributed by atoms with Gasteiger partial charge in [-0.25, -0.2) is 8.78 Å². The Morgan fingerprint density at radius 2 is 1.64 bits per heavy atom. The van der Waals surface area contributed by atoms with Crippen LogP contribution in [0, 0.1) is 11.6 Å². The SMILES string of the molecule is O=C(COC(=O)CCNC(=O)c1ccc(F)cc1F)Nc1ccccc1Sc1ccccc1. The van der Waals surface area contributed by atoms with Crippen molar-refractivity contribution >= 4 is 35.2 Å². The second-order valence-electron chi connectivity index (χ2n) is 6.75. The van der Waals surface area contributed by atoms with Gasteiger partial charge in [0.2, 0.25) is 0 Å². The van der Waals surface area contributed by atoms with E-state index in [-0.39, 0.29) is 18.5 Å². The highest BCUT2D eigenvalue weighted by Gasteiger charge is 2.14. The first-order valence-corrected chi connectivity index (χ1v) is 10.7. The van der Waals surface area contributed by atoms with Crippen molar-refractivity contribution in [1.82, 2.24) is 5.32 Å². The zero-order valence-corrected chi connectivity index (χ0v) is 18.2. The summed E-state index contributed by atoms with van der Waals surface area (Å²) >= 11 is 1.48. The molecule has 0 aliphatic heterocycles. The third-order valence-corrected chi connectivity index (χ3v) is 5.37. The number of hydrogen-bond donors (Lipinski definition) is 2. The summed E-state index contributed by atoms with van der Waals surface area (Å²) in [7, 11) is 0. The zero-order valence-electron chi connectivity index (χ0n) is 17.3. The number of carbonyl (C=O) groups excluding carboxylic acids is 3. The van der Waals surface area contributed by atoms with Gasteiger partial charge in [-0.1, -0.05) is 42.1 Å². The number of benzene rings is 3. The number of nitrogens with one attached hydrogen (secondary N) is 2. The number of ether oxygens (including phenoxy) is 1. The van der Waals surface area contributed by atoms with E-state index in [1.165, 1.54) is 11.8 Å². The maximum absolute atomic E-state index is 13.6. The topological polar surface area (TPSA) is 84.5 Å². The van der Waals surface area contributed by atoms with Crippen molar-refractivity contribution in [3.05, 3.63) is 90.0 Å². The lowest BCUT2D eigenvalue weighted by atomic mass is 10.2. The maximum Gasteiger partial charge on any atom is 0.308 e. The minimum atomic E-state index is -1.00. The average molecular weight is 470 g/mol. The molecule has 0 unspecified atom stereocenters. The van der Waals surface area contributed by atoms with E-state index in [1.807, 2.05) is 42.5 Å². The smallest absolute Gasteiger partial charge is 0.308 e. The van der Waals surface area contributed by atoms with E-state index in [0.29, 0.717) is 11.8 Å². The van der Waals surface area contributed by atoms with Crippen LogP contribution in [0.25, 0.3) is 0 Å². The van der Waals surface area contributed by atoms with Crippen LogP contribution < -0.4 is 10.6 Å². The van der Waals surface area contributed by atoms with Crippen molar-refractivity contribution in [2.24, 2.45) is 0 Å². The second kappa shape index (κ2) is 11.8. The van der Waals surface area contributed by atoms with Crippen molar-refractivity contribution in [1.29, 1.82) is 0 Å². The molecule has 2 N–H and O–H groups in total. The second-order valence-corrected chi connectivity index (χ2v) is 7.87. The lowest BCUT2D eigenvalue weighted by molar-refractivity contribution is -0.147. The highest BCUT2D eigenvalue weighted by molar-refractivity contribution is 7.99. The summed E-state index contributed by atoms with van der Waals surface area (Å²) in [4.78, 5) is 37.8. The molecule has 0 saturated heterocycles. The molecule has 0 aromatic heterocycles. The Morgan fingerprint density at radius 3 is 2.39 bits per heavy atom. The fourth-order valence-electron chi connectivity index (χ4n) is 2.73. The van der Waals surface area contributed by atoms with E-state index in [9.17, 15) is 23.2 Å². The number of rotatable bonds is 9. The van der Waals surface area contributed by atoms with E-state index in [4.69, 9.17) is 4.74 Å². The van der Waals surface area contributed by atoms with Crippen molar-refractivity contribution in [3.8, 4) is 0 Å². The van der Waals surface area contributed by atoms with Crippen LogP contribution in [0.4, 0.5) is 14.5 Å². The van der Waals surface area contributed by atoms with E-state index in [1.54, 1.807) is 12.1 Å². The molecule has 6 nitrogen and oxygen atoms in total. The Labute approximate surface area is 193 Å². The van der Waals surface area contributed by atoms with Crippen molar-refractivity contribution in [2.75, 3.05) is 18.5 Å². The molecule has 9 heteroatoms. The first kappa shape index (κ1) is 23.9. The molecule has 2 amide bonds. The van der Waals surface area contributed by atoms with Gasteiger partial charge in [-0.2, -0.15) is 0 Å². The first-order valence-electron chi connectivity index (χ1n) is 9.93. The Hall–Kier alpha value is -3.72. The highest BCUT2D eigenvalue weighted by atomic mass is 32.2.